The van der Waals surface area contributed by atoms with E-state index in [0.29, 0.717) is 0 Å². The number of fused-ring (bicyclic) bond motifs is 1. The lowest BCUT2D eigenvalue weighted by Crippen LogP contribution is -2.35. The summed E-state index contributed by atoms with van der Waals surface area (Å²) in [6.07, 6.45) is 1.59. The molecule has 4 heteroatoms. The molecule has 0 atom stereocenters. The van der Waals surface area contributed by atoms with Crippen molar-refractivity contribution in [1.29, 1.82) is 0 Å². The summed E-state index contributed by atoms with van der Waals surface area (Å²) in [4.78, 5) is 6.90. The molecule has 0 unspecified atom stereocenters. The minimum absolute atomic E-state index is 0.120. The first-order valence-electron chi connectivity index (χ1n) is 5.61. The number of benzene rings is 1. The van der Waals surface area contributed by atoms with Gasteiger partial charge in [0, 0.05) is 13.1 Å². The molecule has 1 N–H and O–H groups in total. The molecule has 1 saturated heterocycles. The summed E-state index contributed by atoms with van der Waals surface area (Å²) in [6.45, 7) is 1.84. The number of aliphatic hydroxyl groups excluding tert-OH is 1. The molecule has 1 fully saturated rings. The minimum Gasteiger partial charge on any atom is -0.393 e. The molecule has 0 aliphatic carbocycles. The fraction of sp³-hybridized carbons (Fsp3) is 0.417. The molecule has 1 aromatic heterocycles. The van der Waals surface area contributed by atoms with E-state index in [9.17, 15) is 5.11 Å². The first-order chi connectivity index (χ1) is 7.83. The molecule has 0 radical (unpaired) electrons. The molecule has 84 valence electrons. The number of piperidine rings is 1. The van der Waals surface area contributed by atoms with Crippen molar-refractivity contribution in [2.75, 3.05) is 18.0 Å². The van der Waals surface area contributed by atoms with E-state index in [-0.39, 0.29) is 6.10 Å². The summed E-state index contributed by atoms with van der Waals surface area (Å²) in [5, 5.41) is 10.6. The largest absolute Gasteiger partial charge is 0.393 e. The van der Waals surface area contributed by atoms with E-state index in [1.54, 1.807) is 11.3 Å². The second kappa shape index (κ2) is 4.03. The van der Waals surface area contributed by atoms with Gasteiger partial charge in [-0.15, -0.1) is 0 Å². The first-order valence-corrected chi connectivity index (χ1v) is 6.43. The average molecular weight is 234 g/mol. The Morgan fingerprint density at radius 1 is 1.25 bits per heavy atom. The lowest BCUT2D eigenvalue weighted by Gasteiger charge is -2.28. The molecule has 1 aliphatic heterocycles. The SMILES string of the molecule is OC1CCN(c2nc3ccccc3s2)CC1. The molecule has 2 aromatic rings. The van der Waals surface area contributed by atoms with Gasteiger partial charge in [0.25, 0.3) is 0 Å². The van der Waals surface area contributed by atoms with E-state index in [0.717, 1.165) is 36.6 Å². The molecule has 0 saturated carbocycles. The maximum Gasteiger partial charge on any atom is 0.186 e. The van der Waals surface area contributed by atoms with Crippen LogP contribution < -0.4 is 4.90 Å². The van der Waals surface area contributed by atoms with Gasteiger partial charge in [0.15, 0.2) is 5.13 Å². The van der Waals surface area contributed by atoms with Crippen molar-refractivity contribution in [2.24, 2.45) is 0 Å². The number of anilines is 1. The van der Waals surface area contributed by atoms with Crippen molar-refractivity contribution in [3.63, 3.8) is 0 Å². The molecule has 2 heterocycles. The lowest BCUT2D eigenvalue weighted by molar-refractivity contribution is 0.145. The maximum atomic E-state index is 9.47. The predicted octanol–water partition coefficient (Wildman–Crippen LogP) is 2.26. The number of aliphatic hydroxyl groups is 1. The van der Waals surface area contributed by atoms with Crippen molar-refractivity contribution in [3.05, 3.63) is 24.3 Å². The van der Waals surface area contributed by atoms with Crippen LogP contribution in [-0.2, 0) is 0 Å². The molecule has 3 rings (SSSR count). The van der Waals surface area contributed by atoms with Crippen LogP contribution in [0.5, 0.6) is 0 Å². The van der Waals surface area contributed by atoms with Crippen LogP contribution >= 0.6 is 11.3 Å². The van der Waals surface area contributed by atoms with E-state index in [2.05, 4.69) is 16.0 Å². The second-order valence-corrected chi connectivity index (χ2v) is 5.19. The maximum absolute atomic E-state index is 9.47. The van der Waals surface area contributed by atoms with Gasteiger partial charge >= 0.3 is 0 Å². The van der Waals surface area contributed by atoms with Crippen LogP contribution in [0.2, 0.25) is 0 Å². The number of para-hydroxylation sites is 1. The summed E-state index contributed by atoms with van der Waals surface area (Å²) in [6, 6.07) is 8.22. The Kier molecular flexibility index (Phi) is 2.53. The van der Waals surface area contributed by atoms with Crippen LogP contribution in [0.3, 0.4) is 0 Å². The number of rotatable bonds is 1. The fourth-order valence-electron chi connectivity index (χ4n) is 2.05. The minimum atomic E-state index is -0.120. The zero-order chi connectivity index (χ0) is 11.0. The summed E-state index contributed by atoms with van der Waals surface area (Å²) >= 11 is 1.74. The molecule has 3 nitrogen and oxygen atoms in total. The van der Waals surface area contributed by atoms with Gasteiger partial charge in [0.05, 0.1) is 16.3 Å². The molecular weight excluding hydrogens is 220 g/mol. The van der Waals surface area contributed by atoms with Gasteiger partial charge in [0.1, 0.15) is 0 Å². The highest BCUT2D eigenvalue weighted by Gasteiger charge is 2.19. The highest BCUT2D eigenvalue weighted by atomic mass is 32.1. The quantitative estimate of drug-likeness (QED) is 0.822. The van der Waals surface area contributed by atoms with Crippen LogP contribution in [0, 0.1) is 0 Å². The van der Waals surface area contributed by atoms with E-state index in [1.165, 1.54) is 4.70 Å². The van der Waals surface area contributed by atoms with Crippen molar-refractivity contribution < 1.29 is 5.11 Å². The van der Waals surface area contributed by atoms with Crippen molar-refractivity contribution in [3.8, 4) is 0 Å². The lowest BCUT2D eigenvalue weighted by atomic mass is 10.1. The highest BCUT2D eigenvalue weighted by molar-refractivity contribution is 7.22. The van der Waals surface area contributed by atoms with Gasteiger partial charge in [-0.1, -0.05) is 23.5 Å². The number of hydrogen-bond donors (Lipinski definition) is 1. The predicted molar refractivity (Wildman–Crippen MR) is 67.1 cm³/mol. The van der Waals surface area contributed by atoms with Crippen molar-refractivity contribution >= 4 is 26.7 Å². The Morgan fingerprint density at radius 2 is 2.00 bits per heavy atom. The second-order valence-electron chi connectivity index (χ2n) is 4.18. The van der Waals surface area contributed by atoms with Crippen LogP contribution in [0.25, 0.3) is 10.2 Å². The topological polar surface area (TPSA) is 36.4 Å². The third kappa shape index (κ3) is 1.79. The summed E-state index contributed by atoms with van der Waals surface area (Å²) in [5.41, 5.74) is 1.08. The fourth-order valence-corrected chi connectivity index (χ4v) is 3.07. The third-order valence-electron chi connectivity index (χ3n) is 3.02. The number of thiazole rings is 1. The molecule has 0 amide bonds. The van der Waals surface area contributed by atoms with Crippen LogP contribution in [0.4, 0.5) is 5.13 Å². The Hall–Kier alpha value is -1.13. The molecule has 0 spiro atoms. The third-order valence-corrected chi connectivity index (χ3v) is 4.11. The van der Waals surface area contributed by atoms with E-state index in [1.807, 2.05) is 18.2 Å². The zero-order valence-corrected chi connectivity index (χ0v) is 9.78. The van der Waals surface area contributed by atoms with Gasteiger partial charge in [-0.3, -0.25) is 0 Å². The first kappa shape index (κ1) is 10.1. The Balaban J connectivity index is 1.88. The molecule has 1 aromatic carbocycles. The Labute approximate surface area is 98.3 Å². The summed E-state index contributed by atoms with van der Waals surface area (Å²) in [5.74, 6) is 0. The van der Waals surface area contributed by atoms with Gasteiger partial charge in [-0.25, -0.2) is 4.98 Å². The smallest absolute Gasteiger partial charge is 0.186 e. The van der Waals surface area contributed by atoms with Gasteiger partial charge in [0.2, 0.25) is 0 Å². The highest BCUT2D eigenvalue weighted by Crippen LogP contribution is 2.30. The normalized spacial score (nSPS) is 18.2. The van der Waals surface area contributed by atoms with Gasteiger partial charge < -0.3 is 10.0 Å². The molecule has 1 aliphatic rings. The van der Waals surface area contributed by atoms with E-state index in [4.69, 9.17) is 0 Å². The number of hydrogen-bond acceptors (Lipinski definition) is 4. The Morgan fingerprint density at radius 3 is 2.75 bits per heavy atom. The summed E-state index contributed by atoms with van der Waals surface area (Å²) < 4.78 is 1.24. The summed E-state index contributed by atoms with van der Waals surface area (Å²) in [7, 11) is 0. The van der Waals surface area contributed by atoms with Crippen molar-refractivity contribution in [1.82, 2.24) is 4.98 Å². The molecular formula is C12H14N2OS. The standard InChI is InChI=1S/C12H14N2OS/c15-9-5-7-14(8-6-9)12-13-10-3-1-2-4-11(10)16-12/h1-4,9,15H,5-8H2. The van der Waals surface area contributed by atoms with Gasteiger partial charge in [-0.2, -0.15) is 0 Å². The van der Waals surface area contributed by atoms with Crippen LogP contribution in [0.15, 0.2) is 24.3 Å². The van der Waals surface area contributed by atoms with Crippen LogP contribution in [-0.4, -0.2) is 29.3 Å². The monoisotopic (exact) mass is 234 g/mol. The zero-order valence-electron chi connectivity index (χ0n) is 8.97. The number of nitrogens with zero attached hydrogens (tertiary/aromatic N) is 2. The van der Waals surface area contributed by atoms with E-state index < -0.39 is 0 Å². The van der Waals surface area contributed by atoms with Crippen LogP contribution in [0.1, 0.15) is 12.8 Å². The average Bonchev–Trinajstić information content (AvgIpc) is 2.73. The molecule has 0 bridgehead atoms. The van der Waals surface area contributed by atoms with E-state index >= 15 is 0 Å². The van der Waals surface area contributed by atoms with Crippen molar-refractivity contribution in [2.45, 2.75) is 18.9 Å². The van der Waals surface area contributed by atoms with Gasteiger partial charge in [-0.05, 0) is 25.0 Å². The Bertz CT molecular complexity index is 455. The molecule has 16 heavy (non-hydrogen) atoms. The number of aromatic nitrogens is 1.